The molecular weight excluding hydrogens is 699 g/mol. The largest absolute Gasteiger partial charge is 0.394 e. The van der Waals surface area contributed by atoms with Crippen LogP contribution >= 0.6 is 0 Å². The lowest BCUT2D eigenvalue weighted by atomic mass is 10.0. The van der Waals surface area contributed by atoms with Crippen molar-refractivity contribution in [1.29, 1.82) is 0 Å². The Morgan fingerprint density at radius 2 is 0.789 bits per heavy atom. The molecule has 4 heteroatoms. The molecule has 1 amide bonds. The summed E-state index contributed by atoms with van der Waals surface area (Å²) in [6, 6.07) is -0.637. The number of amides is 1. The topological polar surface area (TPSA) is 69.6 Å². The number of allylic oxidation sites excluding steroid dienone is 13. The number of aliphatic hydroxyl groups is 2. The Morgan fingerprint density at radius 3 is 1.23 bits per heavy atom. The zero-order chi connectivity index (χ0) is 41.4. The summed E-state index contributed by atoms with van der Waals surface area (Å²) in [5, 5.41) is 22.8. The zero-order valence-corrected chi connectivity index (χ0v) is 37.6. The number of hydrogen-bond acceptors (Lipinski definition) is 3. The normalized spacial score (nSPS) is 13.7. The second-order valence-electron chi connectivity index (χ2n) is 16.1. The Labute approximate surface area is 354 Å². The maximum atomic E-state index is 12.3. The summed E-state index contributed by atoms with van der Waals surface area (Å²) >= 11 is 0. The molecule has 2 unspecified atom stereocenters. The van der Waals surface area contributed by atoms with Crippen LogP contribution in [-0.4, -0.2) is 34.9 Å². The lowest BCUT2D eigenvalue weighted by Gasteiger charge is -2.19. The van der Waals surface area contributed by atoms with E-state index < -0.39 is 12.1 Å². The van der Waals surface area contributed by atoms with Crippen LogP contribution in [0.1, 0.15) is 226 Å². The van der Waals surface area contributed by atoms with Crippen LogP contribution < -0.4 is 5.32 Å². The first-order valence-corrected chi connectivity index (χ1v) is 24.3. The van der Waals surface area contributed by atoms with Gasteiger partial charge in [0.15, 0.2) is 0 Å². The van der Waals surface area contributed by atoms with Gasteiger partial charge in [-0.2, -0.15) is 0 Å². The van der Waals surface area contributed by atoms with Crippen molar-refractivity contribution in [3.63, 3.8) is 0 Å². The monoisotopic (exact) mass is 792 g/mol. The lowest BCUT2D eigenvalue weighted by molar-refractivity contribution is -0.123. The van der Waals surface area contributed by atoms with E-state index in [0.29, 0.717) is 6.42 Å². The van der Waals surface area contributed by atoms with Crippen LogP contribution in [0.25, 0.3) is 0 Å². The summed E-state index contributed by atoms with van der Waals surface area (Å²) in [5.41, 5.74) is 0. The molecule has 2 atom stereocenters. The third kappa shape index (κ3) is 44.5. The molecule has 0 heterocycles. The second-order valence-corrected chi connectivity index (χ2v) is 16.1. The van der Waals surface area contributed by atoms with Gasteiger partial charge in [-0.3, -0.25) is 4.79 Å². The van der Waals surface area contributed by atoms with Gasteiger partial charge in [0.05, 0.1) is 18.8 Å². The first-order chi connectivity index (χ1) is 28.2. The molecule has 0 aromatic rings. The van der Waals surface area contributed by atoms with Gasteiger partial charge in [0.25, 0.3) is 0 Å². The van der Waals surface area contributed by atoms with Crippen LogP contribution in [0.5, 0.6) is 0 Å². The number of nitrogens with one attached hydrogen (secondary N) is 1. The van der Waals surface area contributed by atoms with Gasteiger partial charge in [-0.25, -0.2) is 0 Å². The maximum Gasteiger partial charge on any atom is 0.220 e. The van der Waals surface area contributed by atoms with E-state index >= 15 is 0 Å². The van der Waals surface area contributed by atoms with Crippen LogP contribution in [0.4, 0.5) is 0 Å². The summed E-state index contributed by atoms with van der Waals surface area (Å²) in [6.07, 6.45) is 70.3. The van der Waals surface area contributed by atoms with Crippen molar-refractivity contribution in [3.8, 4) is 0 Å². The van der Waals surface area contributed by atoms with Gasteiger partial charge in [0, 0.05) is 6.42 Å². The molecule has 57 heavy (non-hydrogen) atoms. The van der Waals surface area contributed by atoms with Gasteiger partial charge in [-0.05, 0) is 70.6 Å². The van der Waals surface area contributed by atoms with Crippen LogP contribution in [0.15, 0.2) is 85.1 Å². The van der Waals surface area contributed by atoms with Crippen molar-refractivity contribution in [1.82, 2.24) is 5.32 Å². The van der Waals surface area contributed by atoms with Crippen molar-refractivity contribution in [3.05, 3.63) is 85.1 Å². The highest BCUT2D eigenvalue weighted by molar-refractivity contribution is 5.76. The summed E-state index contributed by atoms with van der Waals surface area (Å²) in [4.78, 5) is 12.3. The van der Waals surface area contributed by atoms with E-state index in [1.165, 1.54) is 141 Å². The maximum absolute atomic E-state index is 12.3. The minimum atomic E-state index is -0.860. The molecule has 0 saturated carbocycles. The Bertz CT molecular complexity index is 1030. The van der Waals surface area contributed by atoms with Crippen LogP contribution in [0.2, 0.25) is 0 Å². The first-order valence-electron chi connectivity index (χ1n) is 24.3. The third-order valence-corrected chi connectivity index (χ3v) is 10.6. The molecule has 0 saturated heterocycles. The van der Waals surface area contributed by atoms with E-state index in [1.807, 2.05) is 6.08 Å². The van der Waals surface area contributed by atoms with E-state index in [-0.39, 0.29) is 12.5 Å². The second kappa shape index (κ2) is 47.9. The molecule has 328 valence electrons. The van der Waals surface area contributed by atoms with Crippen molar-refractivity contribution in [2.24, 2.45) is 0 Å². The molecule has 0 radical (unpaired) electrons. The van der Waals surface area contributed by atoms with E-state index in [0.717, 1.165) is 64.2 Å². The molecule has 0 bridgehead atoms. The number of carbonyl (C=O) groups excluding carboxylic acids is 1. The van der Waals surface area contributed by atoms with Gasteiger partial charge >= 0.3 is 0 Å². The van der Waals surface area contributed by atoms with Gasteiger partial charge in [-0.1, -0.05) is 234 Å². The predicted octanol–water partition coefficient (Wildman–Crippen LogP) is 15.6. The molecule has 0 aromatic heterocycles. The molecule has 0 rings (SSSR count). The van der Waals surface area contributed by atoms with Crippen LogP contribution in [0.3, 0.4) is 0 Å². The fourth-order valence-electron chi connectivity index (χ4n) is 6.91. The Kier molecular flexibility index (Phi) is 45.9. The van der Waals surface area contributed by atoms with Gasteiger partial charge in [0.1, 0.15) is 0 Å². The highest BCUT2D eigenvalue weighted by Crippen LogP contribution is 2.16. The minimum Gasteiger partial charge on any atom is -0.394 e. The number of unbranched alkanes of at least 4 members (excludes halogenated alkanes) is 24. The zero-order valence-electron chi connectivity index (χ0n) is 37.6. The Balaban J connectivity index is 3.42. The molecular formula is C53H93NO3. The van der Waals surface area contributed by atoms with E-state index in [9.17, 15) is 15.0 Å². The number of hydrogen-bond donors (Lipinski definition) is 3. The number of carbonyl (C=O) groups is 1. The molecule has 0 aliphatic carbocycles. The summed E-state index contributed by atoms with van der Waals surface area (Å²) < 4.78 is 0. The Morgan fingerprint density at radius 1 is 0.439 bits per heavy atom. The quantitative estimate of drug-likeness (QED) is 0.0425. The van der Waals surface area contributed by atoms with E-state index in [4.69, 9.17) is 0 Å². The molecule has 0 aromatic carbocycles. The third-order valence-electron chi connectivity index (χ3n) is 10.6. The number of aliphatic hydroxyl groups excluding tert-OH is 2. The summed E-state index contributed by atoms with van der Waals surface area (Å²) in [6.45, 7) is 4.11. The molecule has 0 spiro atoms. The van der Waals surface area contributed by atoms with E-state index in [1.54, 1.807) is 6.08 Å². The lowest BCUT2D eigenvalue weighted by Crippen LogP contribution is -2.45. The summed E-state index contributed by atoms with van der Waals surface area (Å²) in [7, 11) is 0. The first kappa shape index (κ1) is 54.6. The highest BCUT2D eigenvalue weighted by Gasteiger charge is 2.17. The molecule has 3 N–H and O–H groups in total. The van der Waals surface area contributed by atoms with Crippen molar-refractivity contribution < 1.29 is 15.0 Å². The van der Waals surface area contributed by atoms with Gasteiger partial charge < -0.3 is 15.5 Å². The van der Waals surface area contributed by atoms with Crippen molar-refractivity contribution >= 4 is 5.91 Å². The van der Waals surface area contributed by atoms with Crippen molar-refractivity contribution in [2.75, 3.05) is 6.61 Å². The molecule has 4 nitrogen and oxygen atoms in total. The number of rotatable bonds is 43. The standard InChI is InChI=1S/C53H93NO3/c1-3-5-7-9-11-13-14-15-16-17-18-19-20-21-22-23-24-25-26-27-28-29-30-31-32-33-34-35-36-37-38-39-40-41-43-45-47-49-53(57)54-51(50-55)52(56)48-46-44-42-12-10-8-6-4-2/h5,7,10-13,15-16,18-19,21-22,46,48,51-52,55-56H,3-4,6,8-9,14,17,20,23-45,47,49-50H2,1-2H3,(H,54,57)/b7-5-,12-10+,13-11-,16-15-,19-18-,22-21-,48-46+. The summed E-state index contributed by atoms with van der Waals surface area (Å²) in [5.74, 6) is -0.0779. The van der Waals surface area contributed by atoms with Gasteiger partial charge in [0.2, 0.25) is 5.91 Å². The SMILES string of the molecule is CC/C=C\C/C=C\C/C=C\C/C=C\C/C=C\CCCCCCCCCCCCCCCCCCCCCCCC(=O)NC(CO)C(O)/C=C/CC/C=C/CCCC. The average molecular weight is 792 g/mol. The van der Waals surface area contributed by atoms with Crippen LogP contribution in [0, 0.1) is 0 Å². The predicted molar refractivity (Wildman–Crippen MR) is 253 cm³/mol. The molecule has 0 fully saturated rings. The molecule has 0 aliphatic heterocycles. The van der Waals surface area contributed by atoms with E-state index in [2.05, 4.69) is 92.1 Å². The highest BCUT2D eigenvalue weighted by atomic mass is 16.3. The smallest absolute Gasteiger partial charge is 0.220 e. The van der Waals surface area contributed by atoms with Gasteiger partial charge in [-0.15, -0.1) is 0 Å². The van der Waals surface area contributed by atoms with Crippen LogP contribution in [-0.2, 0) is 4.79 Å². The minimum absolute atomic E-state index is 0.0779. The molecule has 0 aliphatic rings. The average Bonchev–Trinajstić information content (AvgIpc) is 3.22. The fraction of sp³-hybridized carbons (Fsp3) is 0.717. The fourth-order valence-corrected chi connectivity index (χ4v) is 6.91. The van der Waals surface area contributed by atoms with Crippen molar-refractivity contribution in [2.45, 2.75) is 238 Å². The Hall–Kier alpha value is -2.43.